The molecule has 0 amide bonds. The van der Waals surface area contributed by atoms with Crippen LogP contribution in [0.15, 0.2) is 41.6 Å². The van der Waals surface area contributed by atoms with E-state index >= 15 is 0 Å². The van der Waals surface area contributed by atoms with Crippen LogP contribution in [0.2, 0.25) is 0 Å². The highest BCUT2D eigenvalue weighted by molar-refractivity contribution is 8.02. The number of nitrogens with one attached hydrogen (secondary N) is 1. The zero-order chi connectivity index (χ0) is 15.0. The van der Waals surface area contributed by atoms with Crippen molar-refractivity contribution in [2.45, 2.75) is 12.5 Å². The third-order valence-electron chi connectivity index (χ3n) is 2.53. The standard InChI is InChI=1S/C13H16N2O4S/c1-19-13(16)11(8-10-6-4-3-5-7-10)14-12(20-2)9-15(17)18/h3-7,9,11,14H,8H2,1-2H3. The van der Waals surface area contributed by atoms with Gasteiger partial charge in [0.1, 0.15) is 11.1 Å². The number of carbonyl (C=O) groups excluding carboxylic acids is 1. The Bertz CT molecular complexity index is 490. The van der Waals surface area contributed by atoms with Gasteiger partial charge in [-0.25, -0.2) is 4.79 Å². The van der Waals surface area contributed by atoms with Gasteiger partial charge in [0, 0.05) is 6.42 Å². The number of hydrogen-bond donors (Lipinski definition) is 1. The van der Waals surface area contributed by atoms with Crippen molar-refractivity contribution in [2.75, 3.05) is 13.4 Å². The number of methoxy groups -OCH3 is 1. The molecule has 1 aromatic rings. The minimum atomic E-state index is -0.666. The van der Waals surface area contributed by atoms with Crippen LogP contribution in [0, 0.1) is 10.1 Å². The van der Waals surface area contributed by atoms with Crippen LogP contribution in [0.25, 0.3) is 0 Å². The third-order valence-corrected chi connectivity index (χ3v) is 3.19. The fourth-order valence-electron chi connectivity index (χ4n) is 1.60. The summed E-state index contributed by atoms with van der Waals surface area (Å²) >= 11 is 1.17. The minimum Gasteiger partial charge on any atom is -0.467 e. The van der Waals surface area contributed by atoms with E-state index in [9.17, 15) is 14.9 Å². The first-order chi connectivity index (χ1) is 9.56. The van der Waals surface area contributed by atoms with Gasteiger partial charge >= 0.3 is 5.97 Å². The molecule has 0 saturated heterocycles. The highest BCUT2D eigenvalue weighted by atomic mass is 32.2. The van der Waals surface area contributed by atoms with E-state index in [1.807, 2.05) is 30.3 Å². The Labute approximate surface area is 121 Å². The molecule has 1 aromatic carbocycles. The quantitative estimate of drug-likeness (QED) is 0.469. The monoisotopic (exact) mass is 296 g/mol. The molecule has 0 saturated carbocycles. The molecule has 7 heteroatoms. The first-order valence-corrected chi connectivity index (χ1v) is 7.07. The van der Waals surface area contributed by atoms with Crippen molar-refractivity contribution >= 4 is 17.7 Å². The summed E-state index contributed by atoms with van der Waals surface area (Å²) in [5.41, 5.74) is 0.942. The lowest BCUT2D eigenvalue weighted by molar-refractivity contribution is -0.403. The van der Waals surface area contributed by atoms with Gasteiger partial charge in [-0.3, -0.25) is 10.1 Å². The maximum absolute atomic E-state index is 11.8. The van der Waals surface area contributed by atoms with Crippen LogP contribution in [-0.4, -0.2) is 30.3 Å². The number of ether oxygens (including phenoxy) is 1. The van der Waals surface area contributed by atoms with E-state index in [0.29, 0.717) is 11.4 Å². The molecule has 1 unspecified atom stereocenters. The van der Waals surface area contributed by atoms with Gasteiger partial charge in [0.2, 0.25) is 0 Å². The lowest BCUT2D eigenvalue weighted by atomic mass is 10.1. The van der Waals surface area contributed by atoms with Crippen molar-refractivity contribution in [3.63, 3.8) is 0 Å². The fraction of sp³-hybridized carbons (Fsp3) is 0.308. The molecule has 0 aliphatic heterocycles. The van der Waals surface area contributed by atoms with E-state index in [-0.39, 0.29) is 0 Å². The maximum atomic E-state index is 11.8. The lowest BCUT2D eigenvalue weighted by Gasteiger charge is -2.17. The van der Waals surface area contributed by atoms with E-state index in [1.165, 1.54) is 18.9 Å². The molecule has 1 N–H and O–H groups in total. The van der Waals surface area contributed by atoms with Gasteiger partial charge in [-0.15, -0.1) is 11.8 Å². The van der Waals surface area contributed by atoms with Gasteiger partial charge in [-0.2, -0.15) is 0 Å². The molecule has 0 fully saturated rings. The summed E-state index contributed by atoms with van der Waals surface area (Å²) in [6, 6.07) is 8.71. The van der Waals surface area contributed by atoms with E-state index < -0.39 is 16.9 Å². The van der Waals surface area contributed by atoms with Crippen LogP contribution in [0.5, 0.6) is 0 Å². The molecule has 0 radical (unpaired) electrons. The Balaban J connectivity index is 2.84. The summed E-state index contributed by atoms with van der Waals surface area (Å²) in [5.74, 6) is -0.461. The topological polar surface area (TPSA) is 81.5 Å². The van der Waals surface area contributed by atoms with Gasteiger partial charge in [0.15, 0.2) is 0 Å². The van der Waals surface area contributed by atoms with Crippen molar-refractivity contribution < 1.29 is 14.5 Å². The van der Waals surface area contributed by atoms with Crippen molar-refractivity contribution in [2.24, 2.45) is 0 Å². The Kier molecular flexibility index (Phi) is 6.58. The first-order valence-electron chi connectivity index (χ1n) is 5.84. The fourth-order valence-corrected chi connectivity index (χ4v) is 2.05. The van der Waals surface area contributed by atoms with Crippen LogP contribution in [-0.2, 0) is 16.0 Å². The van der Waals surface area contributed by atoms with Crippen LogP contribution in [0.3, 0.4) is 0 Å². The van der Waals surface area contributed by atoms with Gasteiger partial charge in [0.25, 0.3) is 6.20 Å². The average Bonchev–Trinajstić information content (AvgIpc) is 2.45. The third kappa shape index (κ3) is 5.31. The second-order valence-corrected chi connectivity index (χ2v) is 4.74. The first kappa shape index (κ1) is 16.0. The largest absolute Gasteiger partial charge is 0.467 e. The number of carbonyl (C=O) groups is 1. The number of hydrogen-bond acceptors (Lipinski definition) is 6. The second-order valence-electron chi connectivity index (χ2n) is 3.89. The number of benzene rings is 1. The number of esters is 1. The van der Waals surface area contributed by atoms with Crippen molar-refractivity contribution in [3.8, 4) is 0 Å². The summed E-state index contributed by atoms with van der Waals surface area (Å²) in [6.07, 6.45) is 2.92. The summed E-state index contributed by atoms with van der Waals surface area (Å²) in [7, 11) is 1.29. The summed E-state index contributed by atoms with van der Waals surface area (Å²) in [4.78, 5) is 21.7. The summed E-state index contributed by atoms with van der Waals surface area (Å²) < 4.78 is 4.73. The van der Waals surface area contributed by atoms with E-state index in [0.717, 1.165) is 11.8 Å². The predicted molar refractivity (Wildman–Crippen MR) is 77.7 cm³/mol. The lowest BCUT2D eigenvalue weighted by Crippen LogP contribution is -2.38. The van der Waals surface area contributed by atoms with E-state index in [4.69, 9.17) is 4.74 Å². The van der Waals surface area contributed by atoms with Crippen molar-refractivity contribution in [1.29, 1.82) is 0 Å². The van der Waals surface area contributed by atoms with Gasteiger partial charge < -0.3 is 10.1 Å². The molecule has 0 aliphatic rings. The molecule has 0 aliphatic carbocycles. The maximum Gasteiger partial charge on any atom is 0.328 e. The number of nitro groups is 1. The van der Waals surface area contributed by atoms with Crippen LogP contribution in [0.1, 0.15) is 5.56 Å². The van der Waals surface area contributed by atoms with Gasteiger partial charge in [-0.1, -0.05) is 30.3 Å². The highest BCUT2D eigenvalue weighted by Crippen LogP contribution is 2.12. The van der Waals surface area contributed by atoms with Gasteiger partial charge in [0.05, 0.1) is 12.0 Å². The number of thioether (sulfide) groups is 1. The molecule has 108 valence electrons. The normalized spacial score (nSPS) is 12.6. The van der Waals surface area contributed by atoms with Crippen LogP contribution >= 0.6 is 11.8 Å². The highest BCUT2D eigenvalue weighted by Gasteiger charge is 2.21. The Morgan fingerprint density at radius 3 is 2.65 bits per heavy atom. The Morgan fingerprint density at radius 1 is 1.50 bits per heavy atom. The van der Waals surface area contributed by atoms with Gasteiger partial charge in [-0.05, 0) is 11.8 Å². The smallest absolute Gasteiger partial charge is 0.328 e. The number of rotatable bonds is 7. The Hall–Kier alpha value is -2.02. The molecular formula is C13H16N2O4S. The molecule has 0 bridgehead atoms. The second kappa shape index (κ2) is 8.21. The predicted octanol–water partition coefficient (Wildman–Crippen LogP) is 1.80. The molecule has 0 spiro atoms. The zero-order valence-electron chi connectivity index (χ0n) is 11.2. The summed E-state index contributed by atoms with van der Waals surface area (Å²) in [5, 5.41) is 13.7. The molecular weight excluding hydrogens is 280 g/mol. The molecule has 0 heterocycles. The molecule has 6 nitrogen and oxygen atoms in total. The van der Waals surface area contributed by atoms with Crippen molar-refractivity contribution in [3.05, 3.63) is 57.2 Å². The minimum absolute atomic E-state index is 0.307. The average molecular weight is 296 g/mol. The van der Waals surface area contributed by atoms with E-state index in [2.05, 4.69) is 5.32 Å². The molecule has 0 aromatic heterocycles. The van der Waals surface area contributed by atoms with Crippen LogP contribution < -0.4 is 5.32 Å². The zero-order valence-corrected chi connectivity index (χ0v) is 12.1. The number of nitrogens with zero attached hydrogens (tertiary/aromatic N) is 1. The molecule has 20 heavy (non-hydrogen) atoms. The SMILES string of the molecule is COC(=O)C(Cc1ccccc1)NC(=C[N+](=O)[O-])SC. The van der Waals surface area contributed by atoms with E-state index in [1.54, 1.807) is 6.26 Å². The van der Waals surface area contributed by atoms with Crippen LogP contribution in [0.4, 0.5) is 0 Å². The molecule has 1 atom stereocenters. The Morgan fingerprint density at radius 2 is 2.15 bits per heavy atom. The van der Waals surface area contributed by atoms with Crippen molar-refractivity contribution in [1.82, 2.24) is 5.32 Å². The summed E-state index contributed by atoms with van der Waals surface area (Å²) in [6.45, 7) is 0. The molecule has 1 rings (SSSR count).